The number of rotatable bonds is 5. The van der Waals surface area contributed by atoms with E-state index in [4.69, 9.17) is 0 Å². The number of hydrogen-bond acceptors (Lipinski definition) is 3. The molecule has 0 aliphatic carbocycles. The van der Waals surface area contributed by atoms with Gasteiger partial charge in [0, 0.05) is 0 Å². The highest BCUT2D eigenvalue weighted by molar-refractivity contribution is 7.84. The molecule has 1 aromatic carbocycles. The van der Waals surface area contributed by atoms with Crippen LogP contribution in [-0.4, -0.2) is 17.5 Å². The first kappa shape index (κ1) is 17.4. The summed E-state index contributed by atoms with van der Waals surface area (Å²) < 4.78 is 35.0. The molecule has 21 heavy (non-hydrogen) atoms. The van der Waals surface area contributed by atoms with Gasteiger partial charge < -0.3 is 4.55 Å². The van der Waals surface area contributed by atoms with Gasteiger partial charge in [-0.15, -0.1) is 0 Å². The number of hydrogen-bond donors (Lipinski definition) is 0. The Morgan fingerprint density at radius 1 is 1.24 bits per heavy atom. The zero-order chi connectivity index (χ0) is 15.7. The molecular weight excluding hydrogens is 288 g/mol. The van der Waals surface area contributed by atoms with Gasteiger partial charge in [0.1, 0.15) is 12.4 Å². The summed E-state index contributed by atoms with van der Waals surface area (Å²) in [6.07, 6.45) is 8.82. The van der Waals surface area contributed by atoms with Crippen molar-refractivity contribution in [3.8, 4) is 0 Å². The van der Waals surface area contributed by atoms with Crippen LogP contribution in [0.3, 0.4) is 0 Å². The third kappa shape index (κ3) is 8.27. The first-order valence-corrected chi connectivity index (χ1v) is 8.47. The summed E-state index contributed by atoms with van der Waals surface area (Å²) in [6, 6.07) is 8.37. The Balaban J connectivity index is 0.000000211. The van der Waals surface area contributed by atoms with Crippen LogP contribution in [0.1, 0.15) is 25.3 Å². The van der Waals surface area contributed by atoms with E-state index in [-0.39, 0.29) is 0 Å². The fourth-order valence-corrected chi connectivity index (χ4v) is 2.35. The van der Waals surface area contributed by atoms with Gasteiger partial charge in [-0.25, -0.2) is 17.6 Å². The third-order valence-corrected chi connectivity index (χ3v) is 3.47. The van der Waals surface area contributed by atoms with Gasteiger partial charge in [0.2, 0.25) is 6.33 Å². The van der Waals surface area contributed by atoms with Crippen LogP contribution in [0, 0.1) is 0 Å². The second-order valence-corrected chi connectivity index (χ2v) is 6.26. The van der Waals surface area contributed by atoms with Crippen LogP contribution in [-0.2, 0) is 29.5 Å². The zero-order valence-electron chi connectivity index (χ0n) is 12.5. The Bertz CT molecular complexity index is 621. The van der Waals surface area contributed by atoms with Gasteiger partial charge >= 0.3 is 0 Å². The van der Waals surface area contributed by atoms with E-state index in [0.717, 1.165) is 6.54 Å². The summed E-state index contributed by atoms with van der Waals surface area (Å²) in [5, 5.41) is 0. The van der Waals surface area contributed by atoms with Crippen molar-refractivity contribution < 1.29 is 17.5 Å². The van der Waals surface area contributed by atoms with Crippen molar-refractivity contribution in [3.63, 3.8) is 0 Å². The van der Waals surface area contributed by atoms with Crippen LogP contribution >= 0.6 is 0 Å². The summed E-state index contributed by atoms with van der Waals surface area (Å²) in [7, 11) is -2.08. The van der Waals surface area contributed by atoms with Crippen molar-refractivity contribution >= 4 is 10.1 Å². The Kier molecular flexibility index (Phi) is 7.11. The molecule has 0 N–H and O–H groups in total. The van der Waals surface area contributed by atoms with E-state index in [2.05, 4.69) is 34.8 Å². The van der Waals surface area contributed by atoms with Crippen LogP contribution < -0.4 is 4.57 Å². The molecule has 1 aromatic heterocycles. The highest BCUT2D eigenvalue weighted by Crippen LogP contribution is 2.02. The van der Waals surface area contributed by atoms with E-state index in [9.17, 15) is 13.0 Å². The molecule has 0 radical (unpaired) electrons. The van der Waals surface area contributed by atoms with Crippen LogP contribution in [0.25, 0.3) is 0 Å². The van der Waals surface area contributed by atoms with Crippen molar-refractivity contribution in [2.75, 3.05) is 0 Å². The van der Waals surface area contributed by atoms with Gasteiger partial charge in [0.15, 0.2) is 0 Å². The van der Waals surface area contributed by atoms with E-state index in [1.54, 1.807) is 30.3 Å². The van der Waals surface area contributed by atoms with Crippen molar-refractivity contribution in [2.24, 2.45) is 7.05 Å². The average Bonchev–Trinajstić information content (AvgIpc) is 2.82. The molecule has 2 aromatic rings. The van der Waals surface area contributed by atoms with Gasteiger partial charge in [-0.2, -0.15) is 0 Å². The number of unbranched alkanes of at least 4 members (excludes halogenated alkanes) is 1. The number of aryl methyl sites for hydroxylation is 2. The maximum absolute atomic E-state index is 10.2. The maximum atomic E-state index is 10.2. The average molecular weight is 310 g/mol. The van der Waals surface area contributed by atoms with E-state index >= 15 is 0 Å². The highest BCUT2D eigenvalue weighted by atomic mass is 32.2. The first-order chi connectivity index (χ1) is 9.90. The Labute approximate surface area is 126 Å². The Morgan fingerprint density at radius 3 is 2.38 bits per heavy atom. The molecular formula is C15H22N2O3S. The number of benzene rings is 1. The van der Waals surface area contributed by atoms with Crippen LogP contribution in [0.5, 0.6) is 0 Å². The Hall–Kier alpha value is -1.66. The molecule has 0 spiro atoms. The molecule has 0 aliphatic rings. The fourth-order valence-electron chi connectivity index (χ4n) is 1.75. The molecule has 0 aliphatic heterocycles. The van der Waals surface area contributed by atoms with Gasteiger partial charge in [-0.3, -0.25) is 0 Å². The number of imidazole rings is 1. The minimum absolute atomic E-state index is 0.423. The third-order valence-electron chi connectivity index (χ3n) is 2.78. The Morgan fingerprint density at radius 2 is 1.90 bits per heavy atom. The lowest BCUT2D eigenvalue weighted by molar-refractivity contribution is -0.671. The first-order valence-electron chi connectivity index (χ1n) is 6.89. The molecule has 0 saturated carbocycles. The molecule has 1 heterocycles. The van der Waals surface area contributed by atoms with Crippen LogP contribution in [0.15, 0.2) is 49.1 Å². The predicted molar refractivity (Wildman–Crippen MR) is 80.4 cm³/mol. The molecule has 0 bridgehead atoms. The molecule has 0 amide bonds. The molecule has 116 valence electrons. The molecule has 0 fully saturated rings. The van der Waals surface area contributed by atoms with E-state index in [1.807, 2.05) is 7.05 Å². The predicted octanol–water partition coefficient (Wildman–Crippen LogP) is 1.84. The highest BCUT2D eigenvalue weighted by Gasteiger charge is 1.97. The molecule has 5 nitrogen and oxygen atoms in total. The molecule has 2 rings (SSSR count). The smallest absolute Gasteiger partial charge is 0.243 e. The normalized spacial score (nSPS) is 10.8. The second kappa shape index (κ2) is 8.59. The fraction of sp³-hybridized carbons (Fsp3) is 0.400. The standard InChI is InChI=1S/C8H15N2.C7H8O3S/c1-3-4-5-10-7-6-9(2)8-10;8-11(9,10)6-7-4-2-1-3-5-7/h6-8H,3-5H2,1-2H3;1-5H,6H2,(H,8,9,10)/q+1;/p-1. The summed E-state index contributed by atoms with van der Waals surface area (Å²) >= 11 is 0. The maximum Gasteiger partial charge on any atom is 0.243 e. The lowest BCUT2D eigenvalue weighted by atomic mass is 10.2. The summed E-state index contributed by atoms with van der Waals surface area (Å²) in [5.41, 5.74) is 0.530. The molecule has 0 atom stereocenters. The van der Waals surface area contributed by atoms with Crippen molar-refractivity contribution in [1.82, 2.24) is 4.57 Å². The number of nitrogens with zero attached hydrogens (tertiary/aromatic N) is 2. The van der Waals surface area contributed by atoms with Gasteiger partial charge in [0.05, 0.1) is 29.5 Å². The van der Waals surface area contributed by atoms with E-state index in [1.165, 1.54) is 12.8 Å². The summed E-state index contributed by atoms with van der Waals surface area (Å²) in [5.74, 6) is -0.423. The van der Waals surface area contributed by atoms with Crippen LogP contribution in [0.4, 0.5) is 0 Å². The minimum Gasteiger partial charge on any atom is -0.748 e. The van der Waals surface area contributed by atoms with Crippen LogP contribution in [0.2, 0.25) is 0 Å². The topological polar surface area (TPSA) is 66.0 Å². The second-order valence-electron chi connectivity index (χ2n) is 4.86. The number of aromatic nitrogens is 2. The SMILES string of the molecule is CCCCn1cc[n+](C)c1.O=S(=O)([O-])Cc1ccccc1. The lowest BCUT2D eigenvalue weighted by Crippen LogP contribution is -2.23. The molecule has 6 heteroatoms. The van der Waals surface area contributed by atoms with Crippen molar-refractivity contribution in [2.45, 2.75) is 32.1 Å². The summed E-state index contributed by atoms with van der Waals surface area (Å²) in [4.78, 5) is 0. The lowest BCUT2D eigenvalue weighted by Gasteiger charge is -2.05. The quantitative estimate of drug-likeness (QED) is 0.625. The van der Waals surface area contributed by atoms with Crippen molar-refractivity contribution in [1.29, 1.82) is 0 Å². The minimum atomic E-state index is -4.13. The van der Waals surface area contributed by atoms with E-state index in [0.29, 0.717) is 5.56 Å². The van der Waals surface area contributed by atoms with Gasteiger partial charge in [0.25, 0.3) is 0 Å². The zero-order valence-corrected chi connectivity index (χ0v) is 13.3. The molecule has 0 saturated heterocycles. The van der Waals surface area contributed by atoms with E-state index < -0.39 is 15.9 Å². The summed E-state index contributed by atoms with van der Waals surface area (Å²) in [6.45, 7) is 3.36. The van der Waals surface area contributed by atoms with Gasteiger partial charge in [-0.05, 0) is 12.0 Å². The van der Waals surface area contributed by atoms with Crippen molar-refractivity contribution in [3.05, 3.63) is 54.6 Å². The largest absolute Gasteiger partial charge is 0.748 e. The monoisotopic (exact) mass is 310 g/mol. The molecule has 0 unspecified atom stereocenters. The van der Waals surface area contributed by atoms with Gasteiger partial charge in [-0.1, -0.05) is 43.7 Å².